The first-order chi connectivity index (χ1) is 8.75. The van der Waals surface area contributed by atoms with Crippen LogP contribution in [0.15, 0.2) is 33.7 Å². The Balaban J connectivity index is 1.68. The molecule has 2 aromatic heterocycles. The van der Waals surface area contributed by atoms with Crippen molar-refractivity contribution in [1.82, 2.24) is 15.6 Å². The fraction of sp³-hybridized carbons (Fsp3) is 0.273. The molecule has 0 saturated heterocycles. The van der Waals surface area contributed by atoms with E-state index in [1.807, 2.05) is 5.38 Å². The highest BCUT2D eigenvalue weighted by Gasteiger charge is 2.11. The van der Waals surface area contributed by atoms with Gasteiger partial charge in [0.2, 0.25) is 0 Å². The number of carbonyl (C=O) groups is 1. The second kappa shape index (κ2) is 6.18. The highest BCUT2D eigenvalue weighted by Crippen LogP contribution is 2.11. The maximum Gasteiger partial charge on any atom is 0.315 e. The molecule has 3 N–H and O–H groups in total. The molecule has 2 rings (SSSR count). The topological polar surface area (TPSA) is 87.4 Å². The third-order valence-electron chi connectivity index (χ3n) is 2.24. The number of aliphatic hydroxyl groups excluding tert-OH is 1. The SMILES string of the molecule is O=C(NCc1cscn1)NCC(O)c1ccco1. The van der Waals surface area contributed by atoms with E-state index >= 15 is 0 Å². The lowest BCUT2D eigenvalue weighted by molar-refractivity contribution is 0.148. The average molecular weight is 267 g/mol. The van der Waals surface area contributed by atoms with E-state index in [2.05, 4.69) is 15.6 Å². The third-order valence-corrected chi connectivity index (χ3v) is 2.88. The van der Waals surface area contributed by atoms with Gasteiger partial charge in [0.15, 0.2) is 0 Å². The van der Waals surface area contributed by atoms with E-state index in [1.165, 1.54) is 17.6 Å². The van der Waals surface area contributed by atoms with Crippen LogP contribution in [0.3, 0.4) is 0 Å². The number of nitrogens with zero attached hydrogens (tertiary/aromatic N) is 1. The molecule has 0 spiro atoms. The molecule has 18 heavy (non-hydrogen) atoms. The molecule has 0 aliphatic carbocycles. The highest BCUT2D eigenvalue weighted by atomic mass is 32.1. The molecule has 2 aromatic rings. The van der Waals surface area contributed by atoms with Crippen LogP contribution in [0.4, 0.5) is 4.79 Å². The Morgan fingerprint density at radius 1 is 1.56 bits per heavy atom. The second-order valence-electron chi connectivity index (χ2n) is 3.57. The van der Waals surface area contributed by atoms with Crippen molar-refractivity contribution in [3.8, 4) is 0 Å². The van der Waals surface area contributed by atoms with Gasteiger partial charge in [-0.3, -0.25) is 0 Å². The summed E-state index contributed by atoms with van der Waals surface area (Å²) in [6.07, 6.45) is 0.631. The molecule has 7 heteroatoms. The van der Waals surface area contributed by atoms with Crippen molar-refractivity contribution in [2.75, 3.05) is 6.54 Å². The molecular formula is C11H13N3O3S. The van der Waals surface area contributed by atoms with Crippen LogP contribution in [0.1, 0.15) is 17.6 Å². The van der Waals surface area contributed by atoms with Gasteiger partial charge >= 0.3 is 6.03 Å². The molecule has 0 radical (unpaired) electrons. The van der Waals surface area contributed by atoms with Gasteiger partial charge in [0.05, 0.1) is 30.6 Å². The molecule has 0 aliphatic heterocycles. The van der Waals surface area contributed by atoms with Crippen LogP contribution in [0.2, 0.25) is 0 Å². The Morgan fingerprint density at radius 3 is 3.11 bits per heavy atom. The van der Waals surface area contributed by atoms with Crippen molar-refractivity contribution < 1.29 is 14.3 Å². The van der Waals surface area contributed by atoms with Crippen LogP contribution < -0.4 is 10.6 Å². The summed E-state index contributed by atoms with van der Waals surface area (Å²) >= 11 is 1.47. The number of aromatic nitrogens is 1. The smallest absolute Gasteiger partial charge is 0.315 e. The number of furan rings is 1. The quantitative estimate of drug-likeness (QED) is 0.761. The molecule has 0 aliphatic rings. The van der Waals surface area contributed by atoms with E-state index in [-0.39, 0.29) is 12.6 Å². The number of hydrogen-bond acceptors (Lipinski definition) is 5. The summed E-state index contributed by atoms with van der Waals surface area (Å²) in [7, 11) is 0. The van der Waals surface area contributed by atoms with Gasteiger partial charge in [-0.1, -0.05) is 0 Å². The zero-order valence-electron chi connectivity index (χ0n) is 9.50. The zero-order chi connectivity index (χ0) is 12.8. The maximum atomic E-state index is 11.4. The van der Waals surface area contributed by atoms with Gasteiger partial charge in [-0.15, -0.1) is 11.3 Å². The minimum absolute atomic E-state index is 0.0937. The number of thiazole rings is 1. The van der Waals surface area contributed by atoms with E-state index in [4.69, 9.17) is 4.42 Å². The van der Waals surface area contributed by atoms with Crippen molar-refractivity contribution in [3.05, 3.63) is 40.7 Å². The summed E-state index contributed by atoms with van der Waals surface area (Å²) in [5.41, 5.74) is 2.51. The average Bonchev–Trinajstić information content (AvgIpc) is 3.05. The minimum atomic E-state index is -0.843. The van der Waals surface area contributed by atoms with E-state index in [9.17, 15) is 9.90 Å². The maximum absolute atomic E-state index is 11.4. The van der Waals surface area contributed by atoms with Crippen LogP contribution in [0, 0.1) is 0 Å². The van der Waals surface area contributed by atoms with Crippen molar-refractivity contribution in [2.45, 2.75) is 12.6 Å². The van der Waals surface area contributed by atoms with Gasteiger partial charge in [-0.2, -0.15) is 0 Å². The largest absolute Gasteiger partial charge is 0.467 e. The van der Waals surface area contributed by atoms with Crippen LogP contribution in [0.25, 0.3) is 0 Å². The fourth-order valence-corrected chi connectivity index (χ4v) is 1.89. The summed E-state index contributed by atoms with van der Waals surface area (Å²) in [6.45, 7) is 0.461. The first-order valence-corrected chi connectivity index (χ1v) is 6.30. The molecule has 0 aromatic carbocycles. The predicted octanol–water partition coefficient (Wildman–Crippen LogP) is 1.27. The summed E-state index contributed by atoms with van der Waals surface area (Å²) < 4.78 is 5.02. The number of urea groups is 1. The van der Waals surface area contributed by atoms with Gasteiger partial charge in [0, 0.05) is 5.38 Å². The summed E-state index contributed by atoms with van der Waals surface area (Å²) in [4.78, 5) is 15.5. The van der Waals surface area contributed by atoms with Crippen molar-refractivity contribution in [2.24, 2.45) is 0 Å². The Morgan fingerprint density at radius 2 is 2.44 bits per heavy atom. The number of amides is 2. The van der Waals surface area contributed by atoms with Gasteiger partial charge < -0.3 is 20.2 Å². The van der Waals surface area contributed by atoms with Crippen LogP contribution >= 0.6 is 11.3 Å². The summed E-state index contributed by atoms with van der Waals surface area (Å²) in [5.74, 6) is 0.426. The summed E-state index contributed by atoms with van der Waals surface area (Å²) in [6, 6.07) is 2.98. The first-order valence-electron chi connectivity index (χ1n) is 5.36. The molecular weight excluding hydrogens is 254 g/mol. The number of nitrogens with one attached hydrogen (secondary N) is 2. The Hall–Kier alpha value is -1.86. The molecule has 2 heterocycles. The van der Waals surface area contributed by atoms with Gasteiger partial charge in [0.1, 0.15) is 11.9 Å². The lowest BCUT2D eigenvalue weighted by Gasteiger charge is -2.10. The summed E-state index contributed by atoms with van der Waals surface area (Å²) in [5, 5.41) is 16.7. The third kappa shape index (κ3) is 3.57. The van der Waals surface area contributed by atoms with Crippen LogP contribution in [-0.2, 0) is 6.54 Å². The Bertz CT molecular complexity index is 470. The molecule has 1 atom stereocenters. The lowest BCUT2D eigenvalue weighted by Crippen LogP contribution is -2.37. The Kier molecular flexibility index (Phi) is 4.32. The van der Waals surface area contributed by atoms with Crippen molar-refractivity contribution in [1.29, 1.82) is 0 Å². The number of rotatable bonds is 5. The van der Waals surface area contributed by atoms with Crippen LogP contribution in [-0.4, -0.2) is 22.7 Å². The number of aliphatic hydroxyl groups is 1. The van der Waals surface area contributed by atoms with Crippen molar-refractivity contribution >= 4 is 17.4 Å². The number of carbonyl (C=O) groups excluding carboxylic acids is 1. The molecule has 0 bridgehead atoms. The monoisotopic (exact) mass is 267 g/mol. The fourth-order valence-electron chi connectivity index (χ4n) is 1.33. The highest BCUT2D eigenvalue weighted by molar-refractivity contribution is 7.07. The van der Waals surface area contributed by atoms with E-state index in [0.29, 0.717) is 12.3 Å². The molecule has 2 amide bonds. The van der Waals surface area contributed by atoms with Crippen molar-refractivity contribution in [3.63, 3.8) is 0 Å². The first kappa shape index (κ1) is 12.6. The van der Waals surface area contributed by atoms with Gasteiger partial charge in [-0.25, -0.2) is 9.78 Å². The van der Waals surface area contributed by atoms with Gasteiger partial charge in [0.25, 0.3) is 0 Å². The van der Waals surface area contributed by atoms with E-state index in [1.54, 1.807) is 17.6 Å². The number of hydrogen-bond donors (Lipinski definition) is 3. The molecule has 0 saturated carbocycles. The normalized spacial score (nSPS) is 12.1. The Labute approximate surface area is 108 Å². The minimum Gasteiger partial charge on any atom is -0.467 e. The molecule has 1 unspecified atom stereocenters. The van der Waals surface area contributed by atoms with Gasteiger partial charge in [-0.05, 0) is 12.1 Å². The van der Waals surface area contributed by atoms with E-state index in [0.717, 1.165) is 5.69 Å². The standard InChI is InChI=1S/C11H13N3O3S/c15-9(10-2-1-3-17-10)5-13-11(16)12-4-8-6-18-7-14-8/h1-3,6-7,9,15H,4-5H2,(H2,12,13,16). The van der Waals surface area contributed by atoms with Crippen LogP contribution in [0.5, 0.6) is 0 Å². The van der Waals surface area contributed by atoms with E-state index < -0.39 is 6.10 Å². The molecule has 0 fully saturated rings. The lowest BCUT2D eigenvalue weighted by atomic mass is 10.3. The molecule has 6 nitrogen and oxygen atoms in total. The molecule has 96 valence electrons. The zero-order valence-corrected chi connectivity index (χ0v) is 10.3. The predicted molar refractivity (Wildman–Crippen MR) is 66.0 cm³/mol. The second-order valence-corrected chi connectivity index (χ2v) is 4.29.